The van der Waals surface area contributed by atoms with Gasteiger partial charge in [-0.1, -0.05) is 12.1 Å². The van der Waals surface area contributed by atoms with E-state index in [0.29, 0.717) is 37.3 Å². The van der Waals surface area contributed by atoms with E-state index in [1.54, 1.807) is 17.0 Å². The number of nitrogens with zero attached hydrogens (tertiary/aromatic N) is 1. The zero-order valence-electron chi connectivity index (χ0n) is 9.45. The molecule has 1 amide bonds. The molecule has 1 fully saturated rings. The molecular formula is C12H15FN2O2. The van der Waals surface area contributed by atoms with Crippen molar-refractivity contribution in [3.05, 3.63) is 29.6 Å². The lowest BCUT2D eigenvalue weighted by molar-refractivity contribution is -0.120. The van der Waals surface area contributed by atoms with E-state index in [9.17, 15) is 14.3 Å². The average molecular weight is 238 g/mol. The molecule has 1 heterocycles. The maximum Gasteiger partial charge on any atom is 0.221 e. The molecule has 0 aliphatic carbocycles. The van der Waals surface area contributed by atoms with Crippen molar-refractivity contribution in [1.29, 1.82) is 0 Å². The number of aliphatic hydroxyl groups excluding tert-OH is 1. The number of benzene rings is 1. The predicted molar refractivity (Wildman–Crippen MR) is 62.2 cm³/mol. The molecule has 1 aliphatic rings. The molecule has 5 heteroatoms. The highest BCUT2D eigenvalue weighted by molar-refractivity contribution is 5.77. The van der Waals surface area contributed by atoms with Gasteiger partial charge in [0, 0.05) is 31.6 Å². The summed E-state index contributed by atoms with van der Waals surface area (Å²) in [6, 6.07) is 4.64. The van der Waals surface area contributed by atoms with E-state index in [0.717, 1.165) is 0 Å². The van der Waals surface area contributed by atoms with E-state index >= 15 is 0 Å². The van der Waals surface area contributed by atoms with E-state index < -0.39 is 0 Å². The van der Waals surface area contributed by atoms with Crippen LogP contribution >= 0.6 is 0 Å². The normalized spacial score (nSPS) is 16.6. The van der Waals surface area contributed by atoms with Gasteiger partial charge in [0.2, 0.25) is 5.91 Å². The maximum absolute atomic E-state index is 13.8. The van der Waals surface area contributed by atoms with Crippen LogP contribution < -0.4 is 10.2 Å². The number of anilines is 1. The number of carbonyl (C=O) groups is 1. The van der Waals surface area contributed by atoms with Crippen LogP contribution in [-0.4, -0.2) is 30.6 Å². The van der Waals surface area contributed by atoms with Crippen molar-refractivity contribution in [2.45, 2.75) is 13.0 Å². The topological polar surface area (TPSA) is 52.6 Å². The van der Waals surface area contributed by atoms with E-state index in [1.165, 1.54) is 6.07 Å². The van der Waals surface area contributed by atoms with Gasteiger partial charge in [0.25, 0.3) is 0 Å². The molecule has 92 valence electrons. The Bertz CT molecular complexity index is 423. The monoisotopic (exact) mass is 238 g/mol. The van der Waals surface area contributed by atoms with Crippen molar-refractivity contribution in [2.24, 2.45) is 0 Å². The third-order valence-corrected chi connectivity index (χ3v) is 2.87. The fourth-order valence-corrected chi connectivity index (χ4v) is 2.03. The molecule has 1 aliphatic heterocycles. The van der Waals surface area contributed by atoms with Gasteiger partial charge in [0.05, 0.1) is 12.3 Å². The number of carbonyl (C=O) groups excluding carboxylic acids is 1. The number of aliphatic hydroxyl groups is 1. The lowest BCUT2D eigenvalue weighted by Gasteiger charge is -2.24. The lowest BCUT2D eigenvalue weighted by Crippen LogP contribution is -2.29. The second-order valence-electron chi connectivity index (χ2n) is 3.99. The zero-order valence-corrected chi connectivity index (χ0v) is 9.45. The van der Waals surface area contributed by atoms with Gasteiger partial charge >= 0.3 is 0 Å². The lowest BCUT2D eigenvalue weighted by atomic mass is 10.1. The van der Waals surface area contributed by atoms with Crippen molar-refractivity contribution in [3.63, 3.8) is 0 Å². The molecule has 1 aromatic rings. The van der Waals surface area contributed by atoms with Gasteiger partial charge in [0.15, 0.2) is 0 Å². The Morgan fingerprint density at radius 3 is 3.00 bits per heavy atom. The Morgan fingerprint density at radius 1 is 1.41 bits per heavy atom. The van der Waals surface area contributed by atoms with Crippen molar-refractivity contribution in [2.75, 3.05) is 24.5 Å². The van der Waals surface area contributed by atoms with Gasteiger partial charge in [-0.3, -0.25) is 4.79 Å². The third-order valence-electron chi connectivity index (χ3n) is 2.87. The fraction of sp³-hybridized carbons (Fsp3) is 0.417. The standard InChI is InChI=1S/C12H15FN2O2/c13-10-3-1-2-9(8-16)12(10)15-6-4-11(17)14-5-7-15/h1-3,16H,4-8H2,(H,14,17). The Labute approximate surface area is 99.0 Å². The van der Waals surface area contributed by atoms with Crippen LogP contribution in [0.5, 0.6) is 0 Å². The molecule has 1 saturated heterocycles. The smallest absolute Gasteiger partial charge is 0.221 e. The molecule has 2 rings (SSSR count). The molecule has 0 unspecified atom stereocenters. The summed E-state index contributed by atoms with van der Waals surface area (Å²) in [4.78, 5) is 13.0. The van der Waals surface area contributed by atoms with Crippen molar-refractivity contribution in [3.8, 4) is 0 Å². The Kier molecular flexibility index (Phi) is 3.58. The van der Waals surface area contributed by atoms with E-state index in [1.807, 2.05) is 0 Å². The number of hydrogen-bond donors (Lipinski definition) is 2. The van der Waals surface area contributed by atoms with Crippen LogP contribution in [-0.2, 0) is 11.4 Å². The first kappa shape index (κ1) is 11.9. The van der Waals surface area contributed by atoms with Gasteiger partial charge in [-0.05, 0) is 6.07 Å². The molecule has 4 nitrogen and oxygen atoms in total. The number of halogens is 1. The summed E-state index contributed by atoms with van der Waals surface area (Å²) >= 11 is 0. The third kappa shape index (κ3) is 2.55. The largest absolute Gasteiger partial charge is 0.392 e. The molecule has 0 aromatic heterocycles. The van der Waals surface area contributed by atoms with Crippen LogP contribution in [0.3, 0.4) is 0 Å². The first-order chi connectivity index (χ1) is 8.22. The number of nitrogens with one attached hydrogen (secondary N) is 1. The fourth-order valence-electron chi connectivity index (χ4n) is 2.03. The van der Waals surface area contributed by atoms with Crippen LogP contribution in [0.25, 0.3) is 0 Å². The highest BCUT2D eigenvalue weighted by atomic mass is 19.1. The van der Waals surface area contributed by atoms with Crippen molar-refractivity contribution < 1.29 is 14.3 Å². The molecule has 0 saturated carbocycles. The highest BCUT2D eigenvalue weighted by Gasteiger charge is 2.19. The molecule has 0 spiro atoms. The van der Waals surface area contributed by atoms with Gasteiger partial charge in [0.1, 0.15) is 5.82 Å². The SMILES string of the molecule is O=C1CCN(c2c(F)cccc2CO)CCN1. The van der Waals surface area contributed by atoms with Crippen molar-refractivity contribution in [1.82, 2.24) is 5.32 Å². The first-order valence-corrected chi connectivity index (χ1v) is 5.62. The molecule has 1 aromatic carbocycles. The van der Waals surface area contributed by atoms with Crippen LogP contribution in [0.2, 0.25) is 0 Å². The van der Waals surface area contributed by atoms with E-state index in [4.69, 9.17) is 0 Å². The summed E-state index contributed by atoms with van der Waals surface area (Å²) in [6.45, 7) is 1.32. The summed E-state index contributed by atoms with van der Waals surface area (Å²) in [7, 11) is 0. The van der Waals surface area contributed by atoms with E-state index in [2.05, 4.69) is 5.32 Å². The van der Waals surface area contributed by atoms with Gasteiger partial charge in [-0.25, -0.2) is 4.39 Å². The van der Waals surface area contributed by atoms with Gasteiger partial charge < -0.3 is 15.3 Å². The van der Waals surface area contributed by atoms with Gasteiger partial charge in [-0.15, -0.1) is 0 Å². The Morgan fingerprint density at radius 2 is 2.24 bits per heavy atom. The van der Waals surface area contributed by atoms with Crippen LogP contribution in [0, 0.1) is 5.82 Å². The Balaban J connectivity index is 2.29. The average Bonchev–Trinajstić information content (AvgIpc) is 2.54. The molecule has 0 radical (unpaired) electrons. The number of rotatable bonds is 2. The summed E-state index contributed by atoms with van der Waals surface area (Å²) in [5.74, 6) is -0.375. The summed E-state index contributed by atoms with van der Waals surface area (Å²) in [5, 5.41) is 12.0. The van der Waals surface area contributed by atoms with Crippen LogP contribution in [0.15, 0.2) is 18.2 Å². The minimum Gasteiger partial charge on any atom is -0.392 e. The number of amides is 1. The minimum atomic E-state index is -0.356. The quantitative estimate of drug-likeness (QED) is 0.795. The van der Waals surface area contributed by atoms with Gasteiger partial charge in [-0.2, -0.15) is 0 Å². The summed E-state index contributed by atoms with van der Waals surface area (Å²) < 4.78 is 13.8. The van der Waals surface area contributed by atoms with Crippen molar-refractivity contribution >= 4 is 11.6 Å². The summed E-state index contributed by atoms with van der Waals surface area (Å²) in [5.41, 5.74) is 0.964. The minimum absolute atomic E-state index is 0.0191. The molecule has 0 atom stereocenters. The second-order valence-corrected chi connectivity index (χ2v) is 3.99. The number of hydrogen-bond acceptors (Lipinski definition) is 3. The Hall–Kier alpha value is -1.62. The molecule has 17 heavy (non-hydrogen) atoms. The maximum atomic E-state index is 13.8. The van der Waals surface area contributed by atoms with Crippen LogP contribution in [0.4, 0.5) is 10.1 Å². The summed E-state index contributed by atoms with van der Waals surface area (Å²) in [6.07, 6.45) is 0.346. The van der Waals surface area contributed by atoms with E-state index in [-0.39, 0.29) is 18.3 Å². The molecule has 0 bridgehead atoms. The van der Waals surface area contributed by atoms with Crippen LogP contribution in [0.1, 0.15) is 12.0 Å². The molecular weight excluding hydrogens is 223 g/mol. The second kappa shape index (κ2) is 5.14. The first-order valence-electron chi connectivity index (χ1n) is 5.62. The number of para-hydroxylation sites is 1. The predicted octanol–water partition coefficient (Wildman–Crippen LogP) is 0.644. The highest BCUT2D eigenvalue weighted by Crippen LogP contribution is 2.25. The zero-order chi connectivity index (χ0) is 12.3. The molecule has 2 N–H and O–H groups in total.